The van der Waals surface area contributed by atoms with E-state index in [1.165, 1.54) is 26.4 Å². The molecule has 0 aliphatic carbocycles. The largest absolute Gasteiger partial charge is 0.497 e. The summed E-state index contributed by atoms with van der Waals surface area (Å²) in [5.74, 6) is 0.529. The van der Waals surface area contributed by atoms with Gasteiger partial charge in [-0.1, -0.05) is 17.3 Å². The Morgan fingerprint density at radius 2 is 1.82 bits per heavy atom. The van der Waals surface area contributed by atoms with Crippen LogP contribution in [0.25, 0.3) is 11.4 Å². The number of nitrogens with zero attached hydrogens (tertiary/aromatic N) is 3. The normalized spacial score (nSPS) is 14.0. The van der Waals surface area contributed by atoms with Crippen molar-refractivity contribution < 1.29 is 27.2 Å². The molecule has 1 amide bonds. The van der Waals surface area contributed by atoms with Crippen molar-refractivity contribution in [2.24, 2.45) is 0 Å². The molecular formula is C23H26N4O6S. The number of carbonyl (C=O) groups is 1. The minimum atomic E-state index is -4.01. The zero-order chi connectivity index (χ0) is 24.3. The molecule has 180 valence electrons. The summed E-state index contributed by atoms with van der Waals surface area (Å²) in [5.41, 5.74) is 1.16. The molecule has 0 spiro atoms. The molecule has 1 saturated heterocycles. The van der Waals surface area contributed by atoms with Crippen LogP contribution < -0.4 is 14.2 Å². The number of rotatable bonds is 7. The number of sulfonamides is 1. The summed E-state index contributed by atoms with van der Waals surface area (Å²) in [5, 5.41) is 3.90. The van der Waals surface area contributed by atoms with Crippen molar-refractivity contribution in [2.75, 3.05) is 32.0 Å². The van der Waals surface area contributed by atoms with Gasteiger partial charge in [0.25, 0.3) is 10.0 Å². The van der Waals surface area contributed by atoms with Crippen LogP contribution >= 0.6 is 0 Å². The predicted octanol–water partition coefficient (Wildman–Crippen LogP) is 3.49. The second-order valence-electron chi connectivity index (χ2n) is 7.93. The van der Waals surface area contributed by atoms with Gasteiger partial charge in [-0.3, -0.25) is 9.52 Å². The smallest absolute Gasteiger partial charge is 0.316 e. The van der Waals surface area contributed by atoms with E-state index in [9.17, 15) is 13.2 Å². The number of anilines is 1. The summed E-state index contributed by atoms with van der Waals surface area (Å²) in [6.45, 7) is 2.99. The van der Waals surface area contributed by atoms with Gasteiger partial charge in [-0.2, -0.15) is 4.98 Å². The molecule has 0 saturated carbocycles. The number of ether oxygens (including phenoxy) is 2. The molecule has 2 aromatic carbocycles. The van der Waals surface area contributed by atoms with Crippen molar-refractivity contribution in [3.05, 3.63) is 47.9 Å². The number of likely N-dealkylation sites (tertiary alicyclic amines) is 1. The van der Waals surface area contributed by atoms with E-state index in [0.29, 0.717) is 35.7 Å². The molecule has 1 aliphatic heterocycles. The Labute approximate surface area is 197 Å². The summed E-state index contributed by atoms with van der Waals surface area (Å²) in [4.78, 5) is 18.6. The molecule has 4 rings (SSSR count). The van der Waals surface area contributed by atoms with Crippen molar-refractivity contribution in [3.63, 3.8) is 0 Å². The summed E-state index contributed by atoms with van der Waals surface area (Å²) >= 11 is 0. The fraction of sp³-hybridized carbons (Fsp3) is 0.348. The summed E-state index contributed by atoms with van der Waals surface area (Å²) in [7, 11) is -1.07. The lowest BCUT2D eigenvalue weighted by atomic mass is 10.1. The Balaban J connectivity index is 1.63. The third-order valence-electron chi connectivity index (χ3n) is 5.64. The van der Waals surface area contributed by atoms with Gasteiger partial charge in [-0.25, -0.2) is 8.42 Å². The monoisotopic (exact) mass is 486 g/mol. The maximum atomic E-state index is 13.3. The molecule has 0 unspecified atom stereocenters. The average Bonchev–Trinajstić information content (AvgIpc) is 3.34. The fourth-order valence-corrected chi connectivity index (χ4v) is 5.12. The van der Waals surface area contributed by atoms with Crippen molar-refractivity contribution in [1.29, 1.82) is 0 Å². The zero-order valence-electron chi connectivity index (χ0n) is 19.2. The second kappa shape index (κ2) is 9.72. The van der Waals surface area contributed by atoms with Crippen LogP contribution in [0.5, 0.6) is 11.5 Å². The molecule has 1 aromatic heterocycles. The van der Waals surface area contributed by atoms with E-state index in [1.54, 1.807) is 36.1 Å². The Morgan fingerprint density at radius 3 is 2.53 bits per heavy atom. The highest BCUT2D eigenvalue weighted by Gasteiger charge is 2.25. The number of aromatic nitrogens is 2. The lowest BCUT2D eigenvalue weighted by molar-refractivity contribution is 0.0674. The Morgan fingerprint density at radius 1 is 1.06 bits per heavy atom. The Bertz CT molecular complexity index is 1300. The number of carbonyl (C=O) groups excluding carboxylic acids is 1. The minimum absolute atomic E-state index is 0.0311. The topological polar surface area (TPSA) is 124 Å². The van der Waals surface area contributed by atoms with Crippen molar-refractivity contribution in [2.45, 2.75) is 31.1 Å². The van der Waals surface area contributed by atoms with Gasteiger partial charge in [0.15, 0.2) is 0 Å². The van der Waals surface area contributed by atoms with E-state index >= 15 is 0 Å². The predicted molar refractivity (Wildman–Crippen MR) is 125 cm³/mol. The van der Waals surface area contributed by atoms with Gasteiger partial charge < -0.3 is 18.9 Å². The number of methoxy groups -OCH3 is 2. The van der Waals surface area contributed by atoms with E-state index in [2.05, 4.69) is 14.9 Å². The first-order valence-electron chi connectivity index (χ1n) is 10.8. The van der Waals surface area contributed by atoms with E-state index in [1.807, 2.05) is 0 Å². The molecule has 34 heavy (non-hydrogen) atoms. The van der Waals surface area contributed by atoms with Gasteiger partial charge >= 0.3 is 11.8 Å². The number of aryl methyl sites for hydroxylation is 1. The third-order valence-corrected chi connectivity index (χ3v) is 7.15. The molecule has 0 bridgehead atoms. The van der Waals surface area contributed by atoms with Gasteiger partial charge in [0, 0.05) is 24.7 Å². The molecule has 1 aliphatic rings. The van der Waals surface area contributed by atoms with E-state index in [0.717, 1.165) is 19.3 Å². The van der Waals surface area contributed by atoms with Crippen LogP contribution in [-0.4, -0.2) is 56.7 Å². The number of nitrogens with one attached hydrogen (secondary N) is 1. The first kappa shape index (κ1) is 23.6. The van der Waals surface area contributed by atoms with Crippen LogP contribution in [0.4, 0.5) is 5.69 Å². The summed E-state index contributed by atoms with van der Waals surface area (Å²) in [6, 6.07) is 9.59. The Hall–Kier alpha value is -3.60. The van der Waals surface area contributed by atoms with E-state index in [4.69, 9.17) is 14.0 Å². The van der Waals surface area contributed by atoms with Crippen LogP contribution in [0, 0.1) is 6.92 Å². The SMILES string of the molecule is COc1ccc(OC)c(NS(=O)(=O)c2cc(-c3noc(C(=O)N4CCCCC4)n3)ccc2C)c1. The van der Waals surface area contributed by atoms with Crippen LogP contribution in [0.3, 0.4) is 0 Å². The minimum Gasteiger partial charge on any atom is -0.497 e. The van der Waals surface area contributed by atoms with Crippen molar-refractivity contribution in [1.82, 2.24) is 15.0 Å². The number of amides is 1. The Kier molecular flexibility index (Phi) is 6.73. The molecule has 11 heteroatoms. The second-order valence-corrected chi connectivity index (χ2v) is 9.58. The number of hydrogen-bond acceptors (Lipinski definition) is 8. The number of benzene rings is 2. The lowest BCUT2D eigenvalue weighted by Gasteiger charge is -2.24. The van der Waals surface area contributed by atoms with Crippen molar-refractivity contribution in [3.8, 4) is 22.9 Å². The number of hydrogen-bond donors (Lipinski definition) is 1. The van der Waals surface area contributed by atoms with E-state index in [-0.39, 0.29) is 28.2 Å². The van der Waals surface area contributed by atoms with Gasteiger partial charge in [-0.05, 0) is 49.9 Å². The van der Waals surface area contributed by atoms with Crippen LogP contribution in [0.2, 0.25) is 0 Å². The van der Waals surface area contributed by atoms with Gasteiger partial charge in [-0.15, -0.1) is 0 Å². The number of piperidine rings is 1. The highest BCUT2D eigenvalue weighted by atomic mass is 32.2. The third kappa shape index (κ3) is 4.84. The average molecular weight is 487 g/mol. The first-order valence-corrected chi connectivity index (χ1v) is 12.3. The zero-order valence-corrected chi connectivity index (χ0v) is 20.0. The molecular weight excluding hydrogens is 460 g/mol. The molecule has 0 atom stereocenters. The van der Waals surface area contributed by atoms with E-state index < -0.39 is 10.0 Å². The van der Waals surface area contributed by atoms with Gasteiger partial charge in [0.1, 0.15) is 11.5 Å². The van der Waals surface area contributed by atoms with Gasteiger partial charge in [0.2, 0.25) is 5.82 Å². The summed E-state index contributed by atoms with van der Waals surface area (Å²) in [6.07, 6.45) is 2.98. The standard InChI is InChI=1S/C23H26N4O6S/c1-15-7-8-16(21-24-22(33-25-21)23(28)27-11-5-4-6-12-27)13-20(15)34(29,30)26-18-14-17(31-2)9-10-19(18)32-3/h7-10,13-14,26H,4-6,11-12H2,1-3H3. The van der Waals surface area contributed by atoms with Crippen LogP contribution in [-0.2, 0) is 10.0 Å². The molecule has 0 radical (unpaired) electrons. The highest BCUT2D eigenvalue weighted by Crippen LogP contribution is 2.32. The highest BCUT2D eigenvalue weighted by molar-refractivity contribution is 7.92. The lowest BCUT2D eigenvalue weighted by Crippen LogP contribution is -2.35. The summed E-state index contributed by atoms with van der Waals surface area (Å²) < 4.78 is 44.7. The molecule has 10 nitrogen and oxygen atoms in total. The van der Waals surface area contributed by atoms with Gasteiger partial charge in [0.05, 0.1) is 24.8 Å². The fourth-order valence-electron chi connectivity index (χ4n) is 3.78. The first-order chi connectivity index (χ1) is 16.3. The molecule has 2 heterocycles. The molecule has 1 fully saturated rings. The maximum absolute atomic E-state index is 13.3. The van der Waals surface area contributed by atoms with Crippen LogP contribution in [0.15, 0.2) is 45.8 Å². The van der Waals surface area contributed by atoms with Crippen LogP contribution in [0.1, 0.15) is 35.5 Å². The molecule has 3 aromatic rings. The quantitative estimate of drug-likeness (QED) is 0.538. The molecule has 1 N–H and O–H groups in total. The maximum Gasteiger partial charge on any atom is 0.316 e. The van der Waals surface area contributed by atoms with Crippen molar-refractivity contribution >= 4 is 21.6 Å².